The van der Waals surface area contributed by atoms with E-state index < -0.39 is 0 Å². The first-order chi connectivity index (χ1) is 8.74. The summed E-state index contributed by atoms with van der Waals surface area (Å²) in [6.07, 6.45) is 3.21. The fourth-order valence-corrected chi connectivity index (χ4v) is 2.00. The molecule has 0 spiro atoms. The molecule has 0 amide bonds. The van der Waals surface area contributed by atoms with Crippen molar-refractivity contribution in [1.29, 1.82) is 0 Å². The van der Waals surface area contributed by atoms with Crippen LogP contribution < -0.4 is 5.32 Å². The largest absolute Gasteiger partial charge is 0.382 e. The van der Waals surface area contributed by atoms with E-state index in [-0.39, 0.29) is 12.1 Å². The first-order valence-corrected chi connectivity index (χ1v) is 6.74. The second-order valence-corrected chi connectivity index (χ2v) is 4.56. The van der Waals surface area contributed by atoms with Crippen molar-refractivity contribution in [3.05, 3.63) is 5.82 Å². The van der Waals surface area contributed by atoms with E-state index in [1.807, 2.05) is 4.68 Å². The Morgan fingerprint density at radius 1 is 1.33 bits per heavy atom. The SMILES string of the molecule is CCCNC(C)c1nnnn1C(CCC)COC. The maximum absolute atomic E-state index is 5.26. The van der Waals surface area contributed by atoms with E-state index in [0.717, 1.165) is 31.6 Å². The van der Waals surface area contributed by atoms with E-state index in [2.05, 4.69) is 41.6 Å². The van der Waals surface area contributed by atoms with Crippen molar-refractivity contribution in [3.63, 3.8) is 0 Å². The van der Waals surface area contributed by atoms with Crippen LogP contribution >= 0.6 is 0 Å². The van der Waals surface area contributed by atoms with Crippen molar-refractivity contribution >= 4 is 0 Å². The number of methoxy groups -OCH3 is 1. The lowest BCUT2D eigenvalue weighted by atomic mass is 10.1. The molecular weight excluding hydrogens is 230 g/mol. The van der Waals surface area contributed by atoms with Gasteiger partial charge in [0, 0.05) is 7.11 Å². The summed E-state index contributed by atoms with van der Waals surface area (Å²) in [6.45, 7) is 8.01. The molecule has 1 aromatic heterocycles. The Morgan fingerprint density at radius 3 is 2.72 bits per heavy atom. The summed E-state index contributed by atoms with van der Waals surface area (Å²) < 4.78 is 7.16. The van der Waals surface area contributed by atoms with Crippen LogP contribution in [0, 0.1) is 0 Å². The molecule has 0 bridgehead atoms. The Hall–Kier alpha value is -1.01. The number of aromatic nitrogens is 4. The molecule has 1 heterocycles. The fraction of sp³-hybridized carbons (Fsp3) is 0.917. The molecule has 18 heavy (non-hydrogen) atoms. The maximum Gasteiger partial charge on any atom is 0.168 e. The van der Waals surface area contributed by atoms with E-state index in [9.17, 15) is 0 Å². The van der Waals surface area contributed by atoms with Crippen LogP contribution in [0.2, 0.25) is 0 Å². The minimum absolute atomic E-state index is 0.163. The van der Waals surface area contributed by atoms with Gasteiger partial charge >= 0.3 is 0 Å². The monoisotopic (exact) mass is 255 g/mol. The summed E-state index contributed by atoms with van der Waals surface area (Å²) in [4.78, 5) is 0. The maximum atomic E-state index is 5.26. The van der Waals surface area contributed by atoms with Crippen LogP contribution in [0.1, 0.15) is 57.9 Å². The Labute approximate surface area is 109 Å². The molecule has 6 heteroatoms. The molecule has 2 atom stereocenters. The van der Waals surface area contributed by atoms with Gasteiger partial charge < -0.3 is 10.1 Å². The number of hydrogen-bond donors (Lipinski definition) is 1. The number of nitrogens with zero attached hydrogens (tertiary/aromatic N) is 4. The molecule has 6 nitrogen and oxygen atoms in total. The lowest BCUT2D eigenvalue weighted by molar-refractivity contribution is 0.140. The van der Waals surface area contributed by atoms with Gasteiger partial charge in [0.05, 0.1) is 18.7 Å². The van der Waals surface area contributed by atoms with Gasteiger partial charge in [0.25, 0.3) is 0 Å². The second kappa shape index (κ2) is 8.16. The zero-order valence-corrected chi connectivity index (χ0v) is 11.9. The topological polar surface area (TPSA) is 64.9 Å². The lowest BCUT2D eigenvalue weighted by Crippen LogP contribution is -2.26. The molecule has 0 aliphatic rings. The minimum atomic E-state index is 0.163. The Balaban J connectivity index is 2.77. The Bertz CT molecular complexity index is 322. The first kappa shape index (κ1) is 15.0. The van der Waals surface area contributed by atoms with Crippen molar-refractivity contribution in [3.8, 4) is 0 Å². The number of rotatable bonds is 9. The summed E-state index contributed by atoms with van der Waals surface area (Å²) in [5.41, 5.74) is 0. The van der Waals surface area contributed by atoms with Gasteiger partial charge in [-0.2, -0.15) is 0 Å². The predicted octanol–water partition coefficient (Wildman–Crippen LogP) is 1.72. The normalized spacial score (nSPS) is 14.7. The van der Waals surface area contributed by atoms with Crippen LogP contribution in [0.5, 0.6) is 0 Å². The van der Waals surface area contributed by atoms with Crippen molar-refractivity contribution in [1.82, 2.24) is 25.5 Å². The summed E-state index contributed by atoms with van der Waals surface area (Å²) in [6, 6.07) is 0.382. The summed E-state index contributed by atoms with van der Waals surface area (Å²) in [5, 5.41) is 15.5. The van der Waals surface area contributed by atoms with Gasteiger partial charge in [0.15, 0.2) is 5.82 Å². The second-order valence-electron chi connectivity index (χ2n) is 4.56. The van der Waals surface area contributed by atoms with Crippen molar-refractivity contribution in [2.24, 2.45) is 0 Å². The van der Waals surface area contributed by atoms with Crippen LogP contribution in [-0.2, 0) is 4.74 Å². The van der Waals surface area contributed by atoms with Crippen LogP contribution in [0.3, 0.4) is 0 Å². The number of tetrazole rings is 1. The highest BCUT2D eigenvalue weighted by Crippen LogP contribution is 2.18. The number of hydrogen-bond acceptors (Lipinski definition) is 5. The van der Waals surface area contributed by atoms with E-state index in [1.165, 1.54) is 0 Å². The highest BCUT2D eigenvalue weighted by Gasteiger charge is 2.20. The van der Waals surface area contributed by atoms with Crippen LogP contribution in [0.4, 0.5) is 0 Å². The summed E-state index contributed by atoms with van der Waals surface area (Å²) >= 11 is 0. The average molecular weight is 255 g/mol. The van der Waals surface area contributed by atoms with Gasteiger partial charge in [-0.15, -0.1) is 5.10 Å². The van der Waals surface area contributed by atoms with Crippen LogP contribution in [0.15, 0.2) is 0 Å². The van der Waals surface area contributed by atoms with Crippen molar-refractivity contribution in [2.75, 3.05) is 20.3 Å². The van der Waals surface area contributed by atoms with Gasteiger partial charge in [-0.05, 0) is 36.7 Å². The summed E-state index contributed by atoms with van der Waals surface area (Å²) in [5.74, 6) is 0.888. The molecule has 2 unspecified atom stereocenters. The molecule has 1 rings (SSSR count). The van der Waals surface area contributed by atoms with Gasteiger partial charge in [-0.25, -0.2) is 4.68 Å². The molecule has 1 aromatic rings. The average Bonchev–Trinajstić information content (AvgIpc) is 2.84. The Kier molecular flexibility index (Phi) is 6.82. The molecule has 0 aliphatic heterocycles. The third kappa shape index (κ3) is 4.03. The van der Waals surface area contributed by atoms with Crippen molar-refractivity contribution < 1.29 is 4.74 Å². The molecule has 1 N–H and O–H groups in total. The van der Waals surface area contributed by atoms with Crippen LogP contribution in [-0.4, -0.2) is 40.5 Å². The lowest BCUT2D eigenvalue weighted by Gasteiger charge is -2.19. The first-order valence-electron chi connectivity index (χ1n) is 6.74. The number of nitrogens with one attached hydrogen (secondary N) is 1. The minimum Gasteiger partial charge on any atom is -0.382 e. The molecule has 104 valence electrons. The van der Waals surface area contributed by atoms with Crippen molar-refractivity contribution in [2.45, 2.75) is 52.1 Å². The fourth-order valence-electron chi connectivity index (χ4n) is 2.00. The molecule has 0 fully saturated rings. The van der Waals surface area contributed by atoms with Gasteiger partial charge in [0.2, 0.25) is 0 Å². The highest BCUT2D eigenvalue weighted by molar-refractivity contribution is 4.92. The quantitative estimate of drug-likeness (QED) is 0.728. The van der Waals surface area contributed by atoms with E-state index in [1.54, 1.807) is 7.11 Å². The summed E-state index contributed by atoms with van der Waals surface area (Å²) in [7, 11) is 1.71. The molecule has 0 aromatic carbocycles. The van der Waals surface area contributed by atoms with Gasteiger partial charge in [-0.3, -0.25) is 0 Å². The third-order valence-electron chi connectivity index (χ3n) is 2.93. The Morgan fingerprint density at radius 2 is 2.11 bits per heavy atom. The van der Waals surface area contributed by atoms with E-state index in [4.69, 9.17) is 4.74 Å². The molecule has 0 aliphatic carbocycles. The molecule has 0 radical (unpaired) electrons. The van der Waals surface area contributed by atoms with Gasteiger partial charge in [-0.1, -0.05) is 20.3 Å². The number of ether oxygens (including phenoxy) is 1. The molecule has 0 saturated heterocycles. The van der Waals surface area contributed by atoms with E-state index >= 15 is 0 Å². The standard InChI is InChI=1S/C12H25N5O/c1-5-7-11(9-18-4)17-12(14-15-16-17)10(3)13-8-6-2/h10-11,13H,5-9H2,1-4H3. The smallest absolute Gasteiger partial charge is 0.168 e. The zero-order valence-electron chi connectivity index (χ0n) is 11.9. The van der Waals surface area contributed by atoms with E-state index in [0.29, 0.717) is 6.61 Å². The third-order valence-corrected chi connectivity index (χ3v) is 2.93. The highest BCUT2D eigenvalue weighted by atomic mass is 16.5. The molecule has 0 saturated carbocycles. The zero-order chi connectivity index (χ0) is 13.4. The predicted molar refractivity (Wildman–Crippen MR) is 70.3 cm³/mol. The molecular formula is C12H25N5O. The van der Waals surface area contributed by atoms with Gasteiger partial charge in [0.1, 0.15) is 0 Å². The van der Waals surface area contributed by atoms with Crippen LogP contribution in [0.25, 0.3) is 0 Å².